The number of ether oxygens (including phenoxy) is 2. The van der Waals surface area contributed by atoms with E-state index in [4.69, 9.17) is 24.7 Å². The molecule has 0 spiro atoms. The van der Waals surface area contributed by atoms with Crippen molar-refractivity contribution in [2.24, 2.45) is 23.7 Å². The highest BCUT2D eigenvalue weighted by atomic mass is 28.4. The summed E-state index contributed by atoms with van der Waals surface area (Å²) >= 11 is 0. The van der Waals surface area contributed by atoms with Gasteiger partial charge in [0.05, 0.1) is 26.4 Å². The number of hydrogen-bond donors (Lipinski definition) is 0. The molecule has 1 aromatic carbocycles. The van der Waals surface area contributed by atoms with Gasteiger partial charge in [-0.25, -0.2) is 0 Å². The molecule has 0 unspecified atom stereocenters. The highest BCUT2D eigenvalue weighted by Gasteiger charge is 2.46. The molecule has 5 nitrogen and oxygen atoms in total. The Labute approximate surface area is 290 Å². The quantitative estimate of drug-likeness (QED) is 0.0507. The number of methoxy groups -OCH3 is 1. The maximum absolute atomic E-state index is 12.7. The minimum Gasteiger partial charge on any atom is -0.497 e. The fraction of sp³-hybridized carbons (Fsp3) is 0.675. The van der Waals surface area contributed by atoms with Crippen molar-refractivity contribution in [3.05, 3.63) is 53.1 Å². The van der Waals surface area contributed by atoms with Gasteiger partial charge in [-0.3, -0.25) is 4.79 Å². The van der Waals surface area contributed by atoms with Gasteiger partial charge in [0.1, 0.15) is 17.6 Å². The zero-order chi connectivity index (χ0) is 35.7. The van der Waals surface area contributed by atoms with Crippen LogP contribution in [0.1, 0.15) is 87.6 Å². The number of carbonyl (C=O) groups excluding carboxylic acids is 1. The van der Waals surface area contributed by atoms with Gasteiger partial charge in [0, 0.05) is 5.57 Å². The predicted molar refractivity (Wildman–Crippen MR) is 203 cm³/mol. The van der Waals surface area contributed by atoms with Crippen molar-refractivity contribution in [2.45, 2.75) is 137 Å². The monoisotopic (exact) mass is 682 g/mol. The van der Waals surface area contributed by atoms with E-state index in [-0.39, 0.29) is 17.9 Å². The lowest BCUT2D eigenvalue weighted by Crippen LogP contribution is -2.50. The summed E-state index contributed by atoms with van der Waals surface area (Å²) in [5.74, 6) is 4.91. The highest BCUT2D eigenvalue weighted by molar-refractivity contribution is 6.77. The maximum atomic E-state index is 12.7. The van der Waals surface area contributed by atoms with Crippen molar-refractivity contribution in [1.82, 2.24) is 0 Å². The second-order valence-corrected chi connectivity index (χ2v) is 26.0. The van der Waals surface area contributed by atoms with Crippen molar-refractivity contribution in [3.8, 4) is 18.1 Å². The number of hydrogen-bond acceptors (Lipinski definition) is 5. The van der Waals surface area contributed by atoms with Crippen molar-refractivity contribution in [3.63, 3.8) is 0 Å². The predicted octanol–water partition coefficient (Wildman–Crippen LogP) is 10.4. The number of benzene rings is 1. The first-order valence-corrected chi connectivity index (χ1v) is 23.3. The summed E-state index contributed by atoms with van der Waals surface area (Å²) in [4.78, 5) is 12.7. The summed E-state index contributed by atoms with van der Waals surface area (Å²) in [6.45, 7) is 29.8. The van der Waals surface area contributed by atoms with Crippen LogP contribution in [0.4, 0.5) is 0 Å². The number of aldehydes is 1. The molecule has 0 saturated carbocycles. The van der Waals surface area contributed by atoms with Gasteiger partial charge in [0.25, 0.3) is 0 Å². The molecule has 1 aromatic rings. The first kappa shape index (κ1) is 41.2. The first-order valence-electron chi connectivity index (χ1n) is 17.7. The molecule has 2 rings (SSSR count). The normalized spacial score (nSPS) is 21.5. The topological polar surface area (TPSA) is 54.0 Å². The highest BCUT2D eigenvalue weighted by Crippen LogP contribution is 2.45. The molecule has 1 aliphatic rings. The fourth-order valence-corrected chi connectivity index (χ4v) is 14.9. The van der Waals surface area contributed by atoms with Crippen LogP contribution in [-0.2, 0) is 25.0 Å². The molecule has 0 radical (unpaired) electrons. The third-order valence-electron chi connectivity index (χ3n) is 10.4. The third-order valence-corrected chi connectivity index (χ3v) is 17.5. The van der Waals surface area contributed by atoms with Crippen molar-refractivity contribution in [2.75, 3.05) is 13.7 Å². The number of rotatable bonds is 18. The van der Waals surface area contributed by atoms with Gasteiger partial charge in [-0.15, -0.1) is 6.42 Å². The second-order valence-electron chi connectivity index (χ2n) is 16.1. The van der Waals surface area contributed by atoms with Crippen LogP contribution in [-0.4, -0.2) is 48.3 Å². The van der Waals surface area contributed by atoms with E-state index in [1.54, 1.807) is 7.11 Å². The van der Waals surface area contributed by atoms with Crippen LogP contribution in [0, 0.1) is 36.0 Å². The number of carbonyl (C=O) groups is 1. The van der Waals surface area contributed by atoms with E-state index in [0.29, 0.717) is 48.1 Å². The van der Waals surface area contributed by atoms with Crippen molar-refractivity contribution < 1.29 is 23.1 Å². The van der Waals surface area contributed by atoms with Crippen LogP contribution in [0.3, 0.4) is 0 Å². The standard InChI is InChI=1S/C40H66O5Si2/c1-16-40(11,45-46(13,14)15)39(43-26-33-18-20-35(42-12)21-19-33)24-37-32(10)17-22-36(28(2)3)38(37)23-34(25-41)27-44-47(29(4)5,30(6)7)31(8)9/h1,17-21,23,25,28-31,36-39H,22,24,26-27H2,2-15H3/b34-23+/t36-,37+,38-,39+,40+/m1/s1. The Morgan fingerprint density at radius 2 is 1.60 bits per heavy atom. The summed E-state index contributed by atoms with van der Waals surface area (Å²) in [6.07, 6.45) is 13.2. The molecule has 0 aliphatic heterocycles. The minimum atomic E-state index is -2.14. The Morgan fingerprint density at radius 3 is 2.04 bits per heavy atom. The molecule has 264 valence electrons. The Kier molecular flexibility index (Phi) is 15.5. The smallest absolute Gasteiger partial charge is 0.200 e. The van der Waals surface area contributed by atoms with Crippen LogP contribution in [0.15, 0.2) is 47.6 Å². The van der Waals surface area contributed by atoms with Crippen LogP contribution >= 0.6 is 0 Å². The number of terminal acetylenes is 1. The molecular weight excluding hydrogens is 617 g/mol. The van der Waals surface area contributed by atoms with Gasteiger partial charge in [-0.2, -0.15) is 0 Å². The Morgan fingerprint density at radius 1 is 1.02 bits per heavy atom. The average molecular weight is 683 g/mol. The molecule has 5 atom stereocenters. The molecule has 0 bridgehead atoms. The molecule has 47 heavy (non-hydrogen) atoms. The summed E-state index contributed by atoms with van der Waals surface area (Å²) < 4.78 is 25.8. The van der Waals surface area contributed by atoms with Gasteiger partial charge in [-0.05, 0) is 104 Å². The summed E-state index contributed by atoms with van der Waals surface area (Å²) in [5.41, 5.74) is 3.53. The number of allylic oxidation sites excluding steroid dienone is 3. The van der Waals surface area contributed by atoms with Crippen LogP contribution in [0.25, 0.3) is 0 Å². The minimum absolute atomic E-state index is 0.132. The van der Waals surface area contributed by atoms with Crippen LogP contribution in [0.5, 0.6) is 5.75 Å². The van der Waals surface area contributed by atoms with E-state index in [1.165, 1.54) is 5.57 Å². The molecule has 0 N–H and O–H groups in total. The largest absolute Gasteiger partial charge is 0.497 e. The molecule has 7 heteroatoms. The van der Waals surface area contributed by atoms with Crippen molar-refractivity contribution >= 4 is 22.9 Å². The Bertz CT molecular complexity index is 1210. The van der Waals surface area contributed by atoms with Gasteiger partial charge >= 0.3 is 0 Å². The summed E-state index contributed by atoms with van der Waals surface area (Å²) in [7, 11) is -2.52. The van der Waals surface area contributed by atoms with Gasteiger partial charge in [0.15, 0.2) is 8.32 Å². The zero-order valence-electron chi connectivity index (χ0n) is 32.1. The lowest BCUT2D eigenvalue weighted by atomic mass is 9.65. The summed E-state index contributed by atoms with van der Waals surface area (Å²) in [6, 6.07) is 7.96. The maximum Gasteiger partial charge on any atom is 0.200 e. The molecule has 0 aromatic heterocycles. The molecule has 1 aliphatic carbocycles. The average Bonchev–Trinajstić information content (AvgIpc) is 2.98. The molecular formula is C40H66O5Si2. The Balaban J connectivity index is 2.57. The van der Waals surface area contributed by atoms with E-state index >= 15 is 0 Å². The summed E-state index contributed by atoms with van der Waals surface area (Å²) in [5, 5.41) is 0. The van der Waals surface area contributed by atoms with E-state index in [9.17, 15) is 4.79 Å². The molecule has 0 fully saturated rings. The van der Waals surface area contributed by atoms with Gasteiger partial charge in [0.2, 0.25) is 8.32 Å². The molecule has 0 heterocycles. The van der Waals surface area contributed by atoms with E-state index in [0.717, 1.165) is 29.6 Å². The van der Waals surface area contributed by atoms with Crippen LogP contribution < -0.4 is 4.74 Å². The fourth-order valence-electron chi connectivity index (χ4n) is 8.03. The van der Waals surface area contributed by atoms with E-state index in [1.807, 2.05) is 31.2 Å². The lowest BCUT2D eigenvalue weighted by Gasteiger charge is -2.44. The lowest BCUT2D eigenvalue weighted by molar-refractivity contribution is -0.105. The van der Waals surface area contributed by atoms with E-state index in [2.05, 4.69) is 100 Å². The molecule has 0 amide bonds. The third kappa shape index (κ3) is 10.8. The van der Waals surface area contributed by atoms with Crippen molar-refractivity contribution in [1.29, 1.82) is 0 Å². The van der Waals surface area contributed by atoms with Crippen LogP contribution in [0.2, 0.25) is 36.3 Å². The Hall–Kier alpha value is -1.96. The zero-order valence-corrected chi connectivity index (χ0v) is 34.1. The van der Waals surface area contributed by atoms with Gasteiger partial charge in [-0.1, -0.05) is 91.2 Å². The molecule has 0 saturated heterocycles. The van der Waals surface area contributed by atoms with Gasteiger partial charge < -0.3 is 18.3 Å². The second kappa shape index (κ2) is 17.6. The SMILES string of the molecule is C#C[C@](C)(O[Si](C)(C)C)[C@H](C[C@H]1C(C)=CC[C@H](C(C)C)[C@H]1/C=C(\C=O)CO[Si](C(C)C)(C(C)C)C(C)C)OCc1ccc(OC)cc1. The van der Waals surface area contributed by atoms with E-state index < -0.39 is 22.2 Å². The first-order chi connectivity index (χ1) is 21.8.